The van der Waals surface area contributed by atoms with E-state index in [9.17, 15) is 4.79 Å². The van der Waals surface area contributed by atoms with Gasteiger partial charge in [-0.15, -0.1) is 0 Å². The Morgan fingerprint density at radius 3 is 2.72 bits per heavy atom. The molecule has 0 unspecified atom stereocenters. The van der Waals surface area contributed by atoms with E-state index >= 15 is 0 Å². The number of hydrogen-bond donors (Lipinski definition) is 0. The highest BCUT2D eigenvalue weighted by molar-refractivity contribution is 5.82. The van der Waals surface area contributed by atoms with Gasteiger partial charge in [0.05, 0.1) is 0 Å². The number of benzene rings is 1. The smallest absolute Gasteiger partial charge is 0.137 e. The molecule has 0 spiro atoms. The maximum atomic E-state index is 12.0. The Kier molecular flexibility index (Phi) is 3.21. The van der Waals surface area contributed by atoms with Gasteiger partial charge in [0.15, 0.2) is 0 Å². The van der Waals surface area contributed by atoms with Gasteiger partial charge in [-0.3, -0.25) is 9.69 Å². The molecular weight excluding hydrogens is 222 g/mol. The van der Waals surface area contributed by atoms with E-state index in [0.29, 0.717) is 23.7 Å². The number of carbonyl (C=O) groups is 1. The monoisotopic (exact) mass is 243 g/mol. The number of ketones is 1. The molecule has 1 heterocycles. The Labute approximate surface area is 109 Å². The fourth-order valence-electron chi connectivity index (χ4n) is 3.54. The molecule has 2 aliphatic rings. The molecule has 2 heteroatoms. The zero-order valence-electron chi connectivity index (χ0n) is 11.0. The summed E-state index contributed by atoms with van der Waals surface area (Å²) in [5.41, 5.74) is 1.36. The van der Waals surface area contributed by atoms with E-state index in [4.69, 9.17) is 0 Å². The number of carbonyl (C=O) groups excluding carboxylic acids is 1. The SMILES string of the molecule is C[C@H](c1ccccc1)N1C[C@@H]2CCCC(=O)[C@@H]2C1. The summed E-state index contributed by atoms with van der Waals surface area (Å²) in [5, 5.41) is 0. The van der Waals surface area contributed by atoms with Crippen LogP contribution >= 0.6 is 0 Å². The van der Waals surface area contributed by atoms with Crippen molar-refractivity contribution in [3.05, 3.63) is 35.9 Å². The van der Waals surface area contributed by atoms with E-state index in [-0.39, 0.29) is 0 Å². The van der Waals surface area contributed by atoms with Gasteiger partial charge in [0, 0.05) is 31.5 Å². The van der Waals surface area contributed by atoms with Crippen molar-refractivity contribution in [2.75, 3.05) is 13.1 Å². The maximum absolute atomic E-state index is 12.0. The van der Waals surface area contributed by atoms with E-state index in [1.807, 2.05) is 0 Å². The molecule has 3 atom stereocenters. The van der Waals surface area contributed by atoms with Gasteiger partial charge in [0.2, 0.25) is 0 Å². The summed E-state index contributed by atoms with van der Waals surface area (Å²) >= 11 is 0. The number of rotatable bonds is 2. The van der Waals surface area contributed by atoms with E-state index < -0.39 is 0 Å². The summed E-state index contributed by atoms with van der Waals surface area (Å²) in [5.74, 6) is 1.45. The molecule has 2 fully saturated rings. The van der Waals surface area contributed by atoms with Crippen LogP contribution in [0.1, 0.15) is 37.8 Å². The standard InChI is InChI=1S/C16H21NO/c1-12(13-6-3-2-4-7-13)17-10-14-8-5-9-16(18)15(14)11-17/h2-4,6-7,12,14-15H,5,8-11H2,1H3/t12-,14+,15-/m1/s1. The molecule has 0 bridgehead atoms. The molecular formula is C16H21NO. The van der Waals surface area contributed by atoms with E-state index in [0.717, 1.165) is 25.9 Å². The Hall–Kier alpha value is -1.15. The third-order valence-electron chi connectivity index (χ3n) is 4.71. The second-order valence-electron chi connectivity index (χ2n) is 5.77. The first-order valence-electron chi connectivity index (χ1n) is 7.07. The molecule has 1 aliphatic carbocycles. The van der Waals surface area contributed by atoms with E-state index in [1.165, 1.54) is 12.0 Å². The summed E-state index contributed by atoms with van der Waals surface area (Å²) in [6.45, 7) is 4.34. The Morgan fingerprint density at radius 2 is 2.00 bits per heavy atom. The van der Waals surface area contributed by atoms with Gasteiger partial charge in [0.1, 0.15) is 5.78 Å². The second-order valence-corrected chi connectivity index (χ2v) is 5.77. The molecule has 0 amide bonds. The number of hydrogen-bond acceptors (Lipinski definition) is 2. The van der Waals surface area contributed by atoms with Crippen molar-refractivity contribution >= 4 is 5.78 Å². The number of nitrogens with zero attached hydrogens (tertiary/aromatic N) is 1. The molecule has 1 aromatic rings. The number of likely N-dealkylation sites (tertiary alicyclic amines) is 1. The maximum Gasteiger partial charge on any atom is 0.137 e. The van der Waals surface area contributed by atoms with Crippen LogP contribution < -0.4 is 0 Å². The third kappa shape index (κ3) is 2.10. The average molecular weight is 243 g/mol. The number of fused-ring (bicyclic) bond motifs is 1. The van der Waals surface area contributed by atoms with Crippen molar-refractivity contribution in [3.8, 4) is 0 Å². The summed E-state index contributed by atoms with van der Waals surface area (Å²) in [6.07, 6.45) is 3.16. The predicted octanol–water partition coefficient (Wildman–Crippen LogP) is 3.05. The minimum atomic E-state index is 0.324. The molecule has 1 saturated carbocycles. The summed E-state index contributed by atoms with van der Waals surface area (Å²) in [4.78, 5) is 14.4. The van der Waals surface area contributed by atoms with Crippen LogP contribution in [0.15, 0.2) is 30.3 Å². The molecule has 0 N–H and O–H groups in total. The quantitative estimate of drug-likeness (QED) is 0.795. The lowest BCUT2D eigenvalue weighted by Gasteiger charge is -2.24. The molecule has 96 valence electrons. The van der Waals surface area contributed by atoms with Crippen molar-refractivity contribution in [1.29, 1.82) is 0 Å². The molecule has 2 nitrogen and oxygen atoms in total. The van der Waals surface area contributed by atoms with Crippen LogP contribution in [0.25, 0.3) is 0 Å². The van der Waals surface area contributed by atoms with E-state index in [2.05, 4.69) is 42.2 Å². The van der Waals surface area contributed by atoms with Crippen molar-refractivity contribution < 1.29 is 4.79 Å². The third-order valence-corrected chi connectivity index (χ3v) is 4.71. The van der Waals surface area contributed by atoms with Gasteiger partial charge >= 0.3 is 0 Å². The van der Waals surface area contributed by atoms with Crippen LogP contribution in [-0.2, 0) is 4.79 Å². The Morgan fingerprint density at radius 1 is 1.22 bits per heavy atom. The van der Waals surface area contributed by atoms with Gasteiger partial charge in [0.25, 0.3) is 0 Å². The number of Topliss-reactive ketones (excluding diaryl/α,β-unsaturated/α-hetero) is 1. The minimum Gasteiger partial charge on any atom is -0.299 e. The van der Waals surface area contributed by atoms with Crippen LogP contribution in [0.2, 0.25) is 0 Å². The van der Waals surface area contributed by atoms with Crippen LogP contribution in [-0.4, -0.2) is 23.8 Å². The van der Waals surface area contributed by atoms with Crippen LogP contribution in [0.4, 0.5) is 0 Å². The molecule has 1 aliphatic heterocycles. The predicted molar refractivity (Wildman–Crippen MR) is 72.3 cm³/mol. The summed E-state index contributed by atoms with van der Waals surface area (Å²) in [6, 6.07) is 11.1. The zero-order chi connectivity index (χ0) is 12.5. The first-order chi connectivity index (χ1) is 8.75. The summed E-state index contributed by atoms with van der Waals surface area (Å²) in [7, 11) is 0. The van der Waals surface area contributed by atoms with Crippen LogP contribution in [0.5, 0.6) is 0 Å². The Bertz CT molecular complexity index is 428. The first kappa shape index (κ1) is 11.9. The molecule has 1 saturated heterocycles. The van der Waals surface area contributed by atoms with Gasteiger partial charge in [-0.05, 0) is 31.2 Å². The molecule has 18 heavy (non-hydrogen) atoms. The highest BCUT2D eigenvalue weighted by Gasteiger charge is 2.40. The van der Waals surface area contributed by atoms with Crippen LogP contribution in [0.3, 0.4) is 0 Å². The second kappa shape index (κ2) is 4.85. The van der Waals surface area contributed by atoms with Crippen molar-refractivity contribution in [1.82, 2.24) is 4.90 Å². The fourth-order valence-corrected chi connectivity index (χ4v) is 3.54. The van der Waals surface area contributed by atoms with Crippen molar-refractivity contribution in [3.63, 3.8) is 0 Å². The topological polar surface area (TPSA) is 20.3 Å². The molecule has 1 aromatic carbocycles. The lowest BCUT2D eigenvalue weighted by molar-refractivity contribution is -0.125. The first-order valence-corrected chi connectivity index (χ1v) is 7.07. The molecule has 3 rings (SSSR count). The Balaban J connectivity index is 1.73. The van der Waals surface area contributed by atoms with Gasteiger partial charge in [-0.25, -0.2) is 0 Å². The van der Waals surface area contributed by atoms with E-state index in [1.54, 1.807) is 0 Å². The van der Waals surface area contributed by atoms with Crippen LogP contribution in [0, 0.1) is 11.8 Å². The highest BCUT2D eigenvalue weighted by atomic mass is 16.1. The van der Waals surface area contributed by atoms with Crippen molar-refractivity contribution in [2.45, 2.75) is 32.2 Å². The lowest BCUT2D eigenvalue weighted by Crippen LogP contribution is -2.27. The zero-order valence-corrected chi connectivity index (χ0v) is 11.0. The average Bonchev–Trinajstić information content (AvgIpc) is 2.84. The van der Waals surface area contributed by atoms with Gasteiger partial charge in [-0.1, -0.05) is 30.3 Å². The highest BCUT2D eigenvalue weighted by Crippen LogP contribution is 2.37. The lowest BCUT2D eigenvalue weighted by atomic mass is 9.81. The fraction of sp³-hybridized carbons (Fsp3) is 0.562. The molecule has 0 aromatic heterocycles. The summed E-state index contributed by atoms with van der Waals surface area (Å²) < 4.78 is 0. The normalized spacial score (nSPS) is 30.2. The van der Waals surface area contributed by atoms with Crippen molar-refractivity contribution in [2.24, 2.45) is 11.8 Å². The van der Waals surface area contributed by atoms with Gasteiger partial charge < -0.3 is 0 Å². The minimum absolute atomic E-state index is 0.324. The molecule has 0 radical (unpaired) electrons. The van der Waals surface area contributed by atoms with Gasteiger partial charge in [-0.2, -0.15) is 0 Å². The largest absolute Gasteiger partial charge is 0.299 e.